The summed E-state index contributed by atoms with van der Waals surface area (Å²) < 4.78 is 10.6. The van der Waals surface area contributed by atoms with Crippen molar-refractivity contribution in [3.8, 4) is 5.75 Å². The predicted molar refractivity (Wildman–Crippen MR) is 117 cm³/mol. The molecule has 31 heavy (non-hydrogen) atoms. The number of methoxy groups -OCH3 is 1. The summed E-state index contributed by atoms with van der Waals surface area (Å²) in [5.74, 6) is 0.638. The second-order valence-electron chi connectivity index (χ2n) is 7.54. The second kappa shape index (κ2) is 9.22. The van der Waals surface area contributed by atoms with Crippen LogP contribution in [0.4, 0.5) is 17.1 Å². The number of carbonyl (C=O) groups excluding carboxylic acids is 1. The fraction of sp³-hybridized carbons (Fsp3) is 0.409. The highest BCUT2D eigenvalue weighted by Gasteiger charge is 2.27. The molecule has 2 aliphatic rings. The summed E-state index contributed by atoms with van der Waals surface area (Å²) >= 11 is 0. The van der Waals surface area contributed by atoms with Gasteiger partial charge in [0.1, 0.15) is 5.75 Å². The van der Waals surface area contributed by atoms with E-state index >= 15 is 0 Å². The average Bonchev–Trinajstić information content (AvgIpc) is 2.84. The Bertz CT molecular complexity index is 935. The highest BCUT2D eigenvalue weighted by atomic mass is 16.6. The number of benzene rings is 2. The number of anilines is 2. The first-order valence-electron chi connectivity index (χ1n) is 10.4. The van der Waals surface area contributed by atoms with Crippen LogP contribution < -0.4 is 14.5 Å². The summed E-state index contributed by atoms with van der Waals surface area (Å²) in [4.78, 5) is 30.2. The Balaban J connectivity index is 1.53. The van der Waals surface area contributed by atoms with Gasteiger partial charge in [-0.3, -0.25) is 14.9 Å². The van der Waals surface area contributed by atoms with Crippen molar-refractivity contribution in [2.24, 2.45) is 0 Å². The van der Waals surface area contributed by atoms with Crippen molar-refractivity contribution < 1.29 is 19.2 Å². The Morgan fingerprint density at radius 2 is 1.61 bits per heavy atom. The highest BCUT2D eigenvalue weighted by molar-refractivity contribution is 6.00. The lowest BCUT2D eigenvalue weighted by atomic mass is 10.1. The van der Waals surface area contributed by atoms with E-state index in [-0.39, 0.29) is 11.6 Å². The maximum atomic E-state index is 13.2. The number of ether oxygens (including phenoxy) is 2. The van der Waals surface area contributed by atoms with Crippen LogP contribution in [-0.2, 0) is 4.74 Å². The summed E-state index contributed by atoms with van der Waals surface area (Å²) in [6.07, 6.45) is 0. The molecule has 2 aromatic carbocycles. The summed E-state index contributed by atoms with van der Waals surface area (Å²) in [6, 6.07) is 12.5. The van der Waals surface area contributed by atoms with E-state index in [1.165, 1.54) is 12.1 Å². The molecule has 4 rings (SSSR count). The van der Waals surface area contributed by atoms with E-state index < -0.39 is 4.92 Å². The van der Waals surface area contributed by atoms with E-state index in [1.54, 1.807) is 18.1 Å². The van der Waals surface area contributed by atoms with Gasteiger partial charge in [-0.15, -0.1) is 0 Å². The molecule has 2 heterocycles. The lowest BCUT2D eigenvalue weighted by Gasteiger charge is -2.38. The summed E-state index contributed by atoms with van der Waals surface area (Å²) in [5, 5.41) is 11.3. The van der Waals surface area contributed by atoms with Crippen LogP contribution in [0.25, 0.3) is 0 Å². The zero-order valence-corrected chi connectivity index (χ0v) is 17.5. The van der Waals surface area contributed by atoms with Gasteiger partial charge >= 0.3 is 0 Å². The minimum atomic E-state index is -0.457. The average molecular weight is 426 g/mol. The van der Waals surface area contributed by atoms with Gasteiger partial charge in [-0.05, 0) is 30.3 Å². The normalized spacial score (nSPS) is 16.9. The number of amides is 1. The largest absolute Gasteiger partial charge is 0.497 e. The topological polar surface area (TPSA) is 88.4 Å². The van der Waals surface area contributed by atoms with Crippen LogP contribution in [0.1, 0.15) is 10.4 Å². The molecule has 2 aliphatic heterocycles. The predicted octanol–water partition coefficient (Wildman–Crippen LogP) is 2.40. The first-order valence-corrected chi connectivity index (χ1v) is 10.4. The number of morpholine rings is 1. The third-order valence-electron chi connectivity index (χ3n) is 5.78. The van der Waals surface area contributed by atoms with Crippen molar-refractivity contribution in [2.45, 2.75) is 0 Å². The van der Waals surface area contributed by atoms with Crippen LogP contribution in [0, 0.1) is 10.1 Å². The quantitative estimate of drug-likeness (QED) is 0.536. The number of rotatable bonds is 5. The van der Waals surface area contributed by atoms with E-state index in [0.717, 1.165) is 30.2 Å². The first kappa shape index (κ1) is 20.9. The van der Waals surface area contributed by atoms with Gasteiger partial charge in [-0.25, -0.2) is 0 Å². The van der Waals surface area contributed by atoms with Crippen molar-refractivity contribution in [2.75, 3.05) is 69.4 Å². The number of nitro benzene ring substituents is 1. The van der Waals surface area contributed by atoms with Crippen LogP contribution >= 0.6 is 0 Å². The molecule has 0 spiro atoms. The number of nitrogens with zero attached hydrogens (tertiary/aromatic N) is 4. The van der Waals surface area contributed by atoms with Gasteiger partial charge < -0.3 is 24.2 Å². The van der Waals surface area contributed by atoms with Crippen molar-refractivity contribution >= 4 is 23.0 Å². The molecule has 2 saturated heterocycles. The molecule has 1 amide bonds. The van der Waals surface area contributed by atoms with Gasteiger partial charge in [0.25, 0.3) is 11.6 Å². The van der Waals surface area contributed by atoms with E-state index in [2.05, 4.69) is 9.80 Å². The zero-order chi connectivity index (χ0) is 21.8. The van der Waals surface area contributed by atoms with Crippen LogP contribution in [0.2, 0.25) is 0 Å². The third kappa shape index (κ3) is 4.56. The number of non-ortho nitro benzene ring substituents is 1. The molecule has 9 heteroatoms. The first-order chi connectivity index (χ1) is 15.1. The number of piperazine rings is 1. The van der Waals surface area contributed by atoms with Gasteiger partial charge in [0.05, 0.1) is 36.5 Å². The summed E-state index contributed by atoms with van der Waals surface area (Å²) in [5.41, 5.74) is 2.18. The Labute approximate surface area is 180 Å². The summed E-state index contributed by atoms with van der Waals surface area (Å²) in [7, 11) is 1.65. The van der Waals surface area contributed by atoms with E-state index in [4.69, 9.17) is 9.47 Å². The maximum absolute atomic E-state index is 13.2. The Hall–Kier alpha value is -3.33. The Morgan fingerprint density at radius 1 is 0.968 bits per heavy atom. The van der Waals surface area contributed by atoms with Crippen molar-refractivity contribution in [1.29, 1.82) is 0 Å². The van der Waals surface area contributed by atoms with E-state index in [1.807, 2.05) is 24.3 Å². The second-order valence-corrected chi connectivity index (χ2v) is 7.54. The number of carbonyl (C=O) groups is 1. The standard InChI is InChI=1S/C22H26N4O5/c1-30-19-5-2-17(3-6-19)23-8-10-24(11-9-23)21-7-4-18(26(28)29)16-20(21)22(27)25-12-14-31-15-13-25/h2-7,16H,8-15H2,1H3. The molecule has 0 radical (unpaired) electrons. The fourth-order valence-electron chi connectivity index (χ4n) is 4.02. The smallest absolute Gasteiger partial charge is 0.270 e. The van der Waals surface area contributed by atoms with Gasteiger partial charge in [-0.2, -0.15) is 0 Å². The molecule has 0 unspecified atom stereocenters. The number of hydrogen-bond acceptors (Lipinski definition) is 7. The Morgan fingerprint density at radius 3 is 2.23 bits per heavy atom. The highest BCUT2D eigenvalue weighted by Crippen LogP contribution is 2.29. The summed E-state index contributed by atoms with van der Waals surface area (Å²) in [6.45, 7) is 4.95. The minimum Gasteiger partial charge on any atom is -0.497 e. The van der Waals surface area contributed by atoms with Gasteiger partial charge in [0.15, 0.2) is 0 Å². The minimum absolute atomic E-state index is 0.0720. The lowest BCUT2D eigenvalue weighted by Crippen LogP contribution is -2.47. The molecular weight excluding hydrogens is 400 g/mol. The van der Waals surface area contributed by atoms with Gasteiger partial charge in [0.2, 0.25) is 0 Å². The molecule has 0 bridgehead atoms. The van der Waals surface area contributed by atoms with Crippen molar-refractivity contribution in [3.63, 3.8) is 0 Å². The zero-order valence-electron chi connectivity index (χ0n) is 17.5. The van der Waals surface area contributed by atoms with Crippen LogP contribution in [0.3, 0.4) is 0 Å². The molecule has 0 aromatic heterocycles. The molecule has 0 N–H and O–H groups in total. The molecule has 2 aromatic rings. The van der Waals surface area contributed by atoms with Crippen molar-refractivity contribution in [3.05, 3.63) is 58.1 Å². The number of nitro groups is 1. The molecular formula is C22H26N4O5. The third-order valence-corrected chi connectivity index (χ3v) is 5.78. The maximum Gasteiger partial charge on any atom is 0.270 e. The molecule has 0 saturated carbocycles. The lowest BCUT2D eigenvalue weighted by molar-refractivity contribution is -0.384. The van der Waals surface area contributed by atoms with Crippen LogP contribution in [0.15, 0.2) is 42.5 Å². The molecule has 164 valence electrons. The van der Waals surface area contributed by atoms with E-state index in [9.17, 15) is 14.9 Å². The Kier molecular flexibility index (Phi) is 6.22. The SMILES string of the molecule is COc1ccc(N2CCN(c3ccc([N+](=O)[O-])cc3C(=O)N3CCOCC3)CC2)cc1. The molecule has 2 fully saturated rings. The van der Waals surface area contributed by atoms with E-state index in [0.29, 0.717) is 45.0 Å². The van der Waals surface area contributed by atoms with Crippen LogP contribution in [-0.4, -0.2) is 75.3 Å². The monoisotopic (exact) mass is 426 g/mol. The molecule has 0 atom stereocenters. The molecule has 9 nitrogen and oxygen atoms in total. The van der Waals surface area contributed by atoms with Gasteiger partial charge in [0, 0.05) is 57.1 Å². The molecule has 0 aliphatic carbocycles. The van der Waals surface area contributed by atoms with Crippen molar-refractivity contribution in [1.82, 2.24) is 4.90 Å². The van der Waals surface area contributed by atoms with Gasteiger partial charge in [-0.1, -0.05) is 0 Å². The number of hydrogen-bond donors (Lipinski definition) is 0. The van der Waals surface area contributed by atoms with Crippen LogP contribution in [0.5, 0.6) is 5.75 Å². The fourth-order valence-corrected chi connectivity index (χ4v) is 4.02.